The standard InChI is InChI=1S/C21H30N6O5S/c1-33(29,30)21-26-18-14-19(27-21)25-17-7-6-16(15-24-17)20(28)23-9-5-13-32-11-3-2-10-31-12-4-8-22-18/h6-7,14-15H,2-5,8-13H2,1H3,(H,23,28)(H2,22,24,25,26,27). The number of carbonyl (C=O) groups excluding carboxylic acids is 1. The number of nitrogens with one attached hydrogen (secondary N) is 3. The van der Waals surface area contributed by atoms with Crippen molar-refractivity contribution < 1.29 is 22.7 Å². The summed E-state index contributed by atoms with van der Waals surface area (Å²) in [7, 11) is -3.62. The number of carbonyl (C=O) groups is 1. The van der Waals surface area contributed by atoms with Gasteiger partial charge < -0.3 is 25.4 Å². The maximum atomic E-state index is 12.3. The third kappa shape index (κ3) is 8.56. The Labute approximate surface area is 193 Å². The maximum Gasteiger partial charge on any atom is 0.252 e. The predicted molar refractivity (Wildman–Crippen MR) is 124 cm³/mol. The van der Waals surface area contributed by atoms with Gasteiger partial charge in [0.2, 0.25) is 9.84 Å². The fourth-order valence-corrected chi connectivity index (χ4v) is 3.49. The third-order valence-corrected chi connectivity index (χ3v) is 5.51. The van der Waals surface area contributed by atoms with E-state index >= 15 is 0 Å². The average molecular weight is 479 g/mol. The van der Waals surface area contributed by atoms with Crippen LogP contribution >= 0.6 is 0 Å². The zero-order chi connectivity index (χ0) is 23.5. The molecule has 4 bridgehead atoms. The number of nitrogens with zero attached hydrogens (tertiary/aromatic N) is 3. The highest BCUT2D eigenvalue weighted by Gasteiger charge is 2.15. The van der Waals surface area contributed by atoms with Gasteiger partial charge >= 0.3 is 0 Å². The van der Waals surface area contributed by atoms with Gasteiger partial charge in [-0.3, -0.25) is 4.79 Å². The number of hydrogen-bond acceptors (Lipinski definition) is 10. The topological polar surface area (TPSA) is 144 Å². The Balaban J connectivity index is 1.74. The monoisotopic (exact) mass is 478 g/mol. The van der Waals surface area contributed by atoms with E-state index in [0.29, 0.717) is 56.7 Å². The van der Waals surface area contributed by atoms with Gasteiger partial charge in [0.15, 0.2) is 0 Å². The van der Waals surface area contributed by atoms with Crippen LogP contribution < -0.4 is 16.0 Å². The molecule has 0 fully saturated rings. The van der Waals surface area contributed by atoms with Crippen molar-refractivity contribution >= 4 is 33.2 Å². The van der Waals surface area contributed by atoms with Gasteiger partial charge in [-0.2, -0.15) is 0 Å². The molecule has 2 aromatic heterocycles. The largest absolute Gasteiger partial charge is 0.381 e. The summed E-state index contributed by atoms with van der Waals surface area (Å²) in [6.07, 6.45) is 5.78. The second-order valence-corrected chi connectivity index (χ2v) is 9.48. The Bertz CT molecular complexity index is 1020. The summed E-state index contributed by atoms with van der Waals surface area (Å²) in [4.78, 5) is 24.7. The normalized spacial score (nSPS) is 17.4. The molecule has 180 valence electrons. The molecule has 0 aliphatic carbocycles. The number of ether oxygens (including phenoxy) is 2. The minimum Gasteiger partial charge on any atom is -0.381 e. The Morgan fingerprint density at radius 1 is 0.848 bits per heavy atom. The number of rotatable bonds is 1. The van der Waals surface area contributed by atoms with Crippen LogP contribution in [0.2, 0.25) is 0 Å². The van der Waals surface area contributed by atoms with E-state index in [-0.39, 0.29) is 16.9 Å². The molecule has 0 aromatic carbocycles. The molecule has 1 amide bonds. The molecule has 4 rings (SSSR count). The van der Waals surface area contributed by atoms with Crippen LogP contribution in [0.4, 0.5) is 17.5 Å². The Kier molecular flexibility index (Phi) is 9.34. The van der Waals surface area contributed by atoms with Crippen molar-refractivity contribution in [2.45, 2.75) is 30.8 Å². The second-order valence-electron chi connectivity index (χ2n) is 7.57. The summed E-state index contributed by atoms with van der Waals surface area (Å²) >= 11 is 0. The number of amides is 1. The summed E-state index contributed by atoms with van der Waals surface area (Å²) in [6.45, 7) is 3.55. The average Bonchev–Trinajstić information content (AvgIpc) is 2.78. The van der Waals surface area contributed by atoms with Crippen molar-refractivity contribution in [2.24, 2.45) is 0 Å². The molecule has 2 aromatic rings. The predicted octanol–water partition coefficient (Wildman–Crippen LogP) is 1.77. The molecular weight excluding hydrogens is 448 g/mol. The SMILES string of the molecule is CS(=O)(=O)c1nc2cc(n1)Nc1ccc(cn1)C(=O)NCCCOCCCCOCCCN2. The first-order valence-electron chi connectivity index (χ1n) is 10.9. The van der Waals surface area contributed by atoms with E-state index in [1.165, 1.54) is 6.20 Å². The molecule has 33 heavy (non-hydrogen) atoms. The van der Waals surface area contributed by atoms with Crippen LogP contribution in [0.3, 0.4) is 0 Å². The lowest BCUT2D eigenvalue weighted by Crippen LogP contribution is -2.25. The highest BCUT2D eigenvalue weighted by molar-refractivity contribution is 7.90. The zero-order valence-electron chi connectivity index (χ0n) is 18.7. The molecule has 0 atom stereocenters. The van der Waals surface area contributed by atoms with E-state index in [0.717, 1.165) is 31.9 Å². The number of anilines is 3. The molecule has 3 N–H and O–H groups in total. The van der Waals surface area contributed by atoms with Crippen molar-refractivity contribution in [2.75, 3.05) is 56.4 Å². The van der Waals surface area contributed by atoms with Crippen molar-refractivity contribution in [1.29, 1.82) is 0 Å². The van der Waals surface area contributed by atoms with Gasteiger partial charge in [-0.25, -0.2) is 23.4 Å². The minimum absolute atomic E-state index is 0.225. The molecule has 0 unspecified atom stereocenters. The Morgan fingerprint density at radius 3 is 2.12 bits per heavy atom. The lowest BCUT2D eigenvalue weighted by Gasteiger charge is -2.11. The van der Waals surface area contributed by atoms with Gasteiger partial charge in [0.1, 0.15) is 17.5 Å². The van der Waals surface area contributed by atoms with Gasteiger partial charge in [0.05, 0.1) is 5.56 Å². The molecule has 4 heterocycles. The fraction of sp³-hybridized carbons (Fsp3) is 0.524. The molecule has 2 aliphatic heterocycles. The molecule has 12 heteroatoms. The number of hydrogen-bond donors (Lipinski definition) is 3. The lowest BCUT2D eigenvalue weighted by molar-refractivity contribution is 0.0924. The van der Waals surface area contributed by atoms with Crippen molar-refractivity contribution in [3.05, 3.63) is 30.0 Å². The van der Waals surface area contributed by atoms with E-state index in [1.807, 2.05) is 0 Å². The van der Waals surface area contributed by atoms with E-state index < -0.39 is 9.84 Å². The summed E-state index contributed by atoms with van der Waals surface area (Å²) in [6, 6.07) is 4.86. The first-order chi connectivity index (χ1) is 15.9. The van der Waals surface area contributed by atoms with E-state index in [2.05, 4.69) is 30.9 Å². The van der Waals surface area contributed by atoms with E-state index in [4.69, 9.17) is 9.47 Å². The molecule has 2 aliphatic rings. The lowest BCUT2D eigenvalue weighted by atomic mass is 10.2. The van der Waals surface area contributed by atoms with E-state index in [9.17, 15) is 13.2 Å². The number of aromatic nitrogens is 3. The Morgan fingerprint density at radius 2 is 1.48 bits per heavy atom. The van der Waals surface area contributed by atoms with Crippen LogP contribution in [0, 0.1) is 0 Å². The third-order valence-electron chi connectivity index (χ3n) is 4.67. The molecule has 0 spiro atoms. The van der Waals surface area contributed by atoms with Gasteiger partial charge in [-0.05, 0) is 37.8 Å². The van der Waals surface area contributed by atoms with Gasteiger partial charge in [0, 0.05) is 58.0 Å². The summed E-state index contributed by atoms with van der Waals surface area (Å²) < 4.78 is 35.3. The van der Waals surface area contributed by atoms with Crippen LogP contribution in [0.1, 0.15) is 36.0 Å². The first kappa shape index (κ1) is 24.8. The summed E-state index contributed by atoms with van der Waals surface area (Å²) in [5.74, 6) is 0.833. The van der Waals surface area contributed by atoms with Gasteiger partial charge in [-0.15, -0.1) is 0 Å². The molecular formula is C21H30N6O5S. The number of pyridine rings is 1. The summed E-state index contributed by atoms with van der Waals surface area (Å²) in [5.41, 5.74) is 0.418. The molecule has 0 radical (unpaired) electrons. The quantitative estimate of drug-likeness (QED) is 0.519. The van der Waals surface area contributed by atoms with Crippen LogP contribution in [0.5, 0.6) is 0 Å². The fourth-order valence-electron chi connectivity index (χ4n) is 2.96. The smallest absolute Gasteiger partial charge is 0.252 e. The Hall–Kier alpha value is -2.83. The van der Waals surface area contributed by atoms with Crippen LogP contribution in [0.15, 0.2) is 29.6 Å². The summed E-state index contributed by atoms with van der Waals surface area (Å²) in [5, 5.41) is 8.62. The van der Waals surface area contributed by atoms with Crippen LogP contribution in [-0.2, 0) is 19.3 Å². The highest BCUT2D eigenvalue weighted by Crippen LogP contribution is 2.18. The van der Waals surface area contributed by atoms with Crippen molar-refractivity contribution in [1.82, 2.24) is 20.3 Å². The molecule has 0 saturated carbocycles. The van der Waals surface area contributed by atoms with Crippen LogP contribution in [0.25, 0.3) is 0 Å². The van der Waals surface area contributed by atoms with Crippen molar-refractivity contribution in [3.63, 3.8) is 0 Å². The van der Waals surface area contributed by atoms with Gasteiger partial charge in [0.25, 0.3) is 11.1 Å². The highest BCUT2D eigenvalue weighted by atomic mass is 32.2. The minimum atomic E-state index is -3.62. The number of fused-ring (bicyclic) bond motifs is 16. The first-order valence-corrected chi connectivity index (χ1v) is 12.8. The zero-order valence-corrected chi connectivity index (χ0v) is 19.5. The van der Waals surface area contributed by atoms with Gasteiger partial charge in [-0.1, -0.05) is 0 Å². The van der Waals surface area contributed by atoms with E-state index in [1.54, 1.807) is 18.2 Å². The molecule has 11 nitrogen and oxygen atoms in total. The van der Waals surface area contributed by atoms with Crippen molar-refractivity contribution in [3.8, 4) is 0 Å². The maximum absolute atomic E-state index is 12.3. The molecule has 0 saturated heterocycles. The number of sulfone groups is 1. The second kappa shape index (κ2) is 12.4. The van der Waals surface area contributed by atoms with Crippen LogP contribution in [-0.4, -0.2) is 75.0 Å².